The Morgan fingerprint density at radius 3 is 2.00 bits per heavy atom. The molecule has 6 heteroatoms. The van der Waals surface area contributed by atoms with Crippen LogP contribution in [0.3, 0.4) is 0 Å². The van der Waals surface area contributed by atoms with E-state index in [9.17, 15) is 9.59 Å². The molecule has 0 N–H and O–H groups in total. The fourth-order valence-electron chi connectivity index (χ4n) is 4.29. The molecule has 1 amide bonds. The molecule has 37 heavy (non-hydrogen) atoms. The van der Waals surface area contributed by atoms with E-state index in [0.29, 0.717) is 29.1 Å². The number of carbonyl (C=O) groups excluding carboxylic acids is 1. The van der Waals surface area contributed by atoms with Gasteiger partial charge in [-0.05, 0) is 41.8 Å². The molecule has 0 aliphatic rings. The number of carbonyl (C=O) groups is 1. The predicted molar refractivity (Wildman–Crippen MR) is 150 cm³/mol. The van der Waals surface area contributed by atoms with E-state index in [0.717, 1.165) is 22.4 Å². The number of hydrogen-bond acceptors (Lipinski definition) is 4. The van der Waals surface area contributed by atoms with Crippen LogP contribution in [0.1, 0.15) is 16.7 Å². The van der Waals surface area contributed by atoms with Crippen molar-refractivity contribution in [3.63, 3.8) is 0 Å². The highest BCUT2D eigenvalue weighted by Crippen LogP contribution is 2.24. The Morgan fingerprint density at radius 2 is 1.35 bits per heavy atom. The standard InChI is InChI=1S/C31H27N3O2S/c1-23-12-8-11-19-28(23)34-30(36)26-17-9-10-18-27(26)32-31(34)37-22-29(35)33(20-24-13-4-2-5-14-24)21-25-15-6-3-7-16-25/h2-19H,20-22H2,1H3. The normalized spacial score (nSPS) is 10.9. The Labute approximate surface area is 220 Å². The third-order valence-corrected chi connectivity index (χ3v) is 7.13. The zero-order valence-electron chi connectivity index (χ0n) is 20.6. The Kier molecular flexibility index (Phi) is 7.47. The first kappa shape index (κ1) is 24.5. The van der Waals surface area contributed by atoms with Gasteiger partial charge < -0.3 is 4.90 Å². The van der Waals surface area contributed by atoms with Crippen molar-refractivity contribution in [2.24, 2.45) is 0 Å². The van der Waals surface area contributed by atoms with E-state index in [1.165, 1.54) is 11.8 Å². The van der Waals surface area contributed by atoms with E-state index in [-0.39, 0.29) is 17.2 Å². The number of aromatic nitrogens is 2. The summed E-state index contributed by atoms with van der Waals surface area (Å²) in [6.07, 6.45) is 0. The molecule has 184 valence electrons. The number of aryl methyl sites for hydroxylation is 1. The van der Waals surface area contributed by atoms with Crippen LogP contribution in [0, 0.1) is 6.92 Å². The zero-order chi connectivity index (χ0) is 25.6. The summed E-state index contributed by atoms with van der Waals surface area (Å²) >= 11 is 1.30. The van der Waals surface area contributed by atoms with Crippen LogP contribution in [0.15, 0.2) is 119 Å². The summed E-state index contributed by atoms with van der Waals surface area (Å²) in [4.78, 5) is 33.8. The van der Waals surface area contributed by atoms with Gasteiger partial charge in [-0.25, -0.2) is 4.98 Å². The van der Waals surface area contributed by atoms with Crippen molar-refractivity contribution in [3.8, 4) is 5.69 Å². The minimum atomic E-state index is -0.139. The van der Waals surface area contributed by atoms with Gasteiger partial charge in [-0.3, -0.25) is 14.2 Å². The average molecular weight is 506 g/mol. The van der Waals surface area contributed by atoms with Crippen LogP contribution in [-0.4, -0.2) is 26.1 Å². The lowest BCUT2D eigenvalue weighted by Crippen LogP contribution is -2.32. The van der Waals surface area contributed by atoms with Crippen molar-refractivity contribution in [2.45, 2.75) is 25.2 Å². The van der Waals surface area contributed by atoms with Crippen LogP contribution in [-0.2, 0) is 17.9 Å². The molecule has 0 saturated heterocycles. The van der Waals surface area contributed by atoms with Gasteiger partial charge in [-0.15, -0.1) is 0 Å². The summed E-state index contributed by atoms with van der Waals surface area (Å²) in [6.45, 7) is 2.98. The first-order valence-electron chi connectivity index (χ1n) is 12.2. The smallest absolute Gasteiger partial charge is 0.266 e. The van der Waals surface area contributed by atoms with Crippen LogP contribution in [0.4, 0.5) is 0 Å². The van der Waals surface area contributed by atoms with Crippen LogP contribution in [0.2, 0.25) is 0 Å². The second-order valence-corrected chi connectivity index (χ2v) is 9.79. The Hall–Kier alpha value is -4.16. The van der Waals surface area contributed by atoms with Crippen LogP contribution < -0.4 is 5.56 Å². The van der Waals surface area contributed by atoms with Crippen molar-refractivity contribution in [1.82, 2.24) is 14.5 Å². The summed E-state index contributed by atoms with van der Waals surface area (Å²) in [5, 5.41) is 1.06. The number of rotatable bonds is 8. The first-order chi connectivity index (χ1) is 18.1. The maximum Gasteiger partial charge on any atom is 0.266 e. The quantitative estimate of drug-likeness (QED) is 0.191. The Morgan fingerprint density at radius 1 is 0.784 bits per heavy atom. The summed E-state index contributed by atoms with van der Waals surface area (Å²) in [5.74, 6) is 0.146. The fraction of sp³-hybridized carbons (Fsp3) is 0.129. The van der Waals surface area contributed by atoms with Gasteiger partial charge in [0.05, 0.1) is 22.3 Å². The maximum atomic E-state index is 13.6. The minimum Gasteiger partial charge on any atom is -0.333 e. The fourth-order valence-corrected chi connectivity index (χ4v) is 5.20. The molecular weight excluding hydrogens is 478 g/mol. The van der Waals surface area contributed by atoms with E-state index in [1.54, 1.807) is 10.6 Å². The highest BCUT2D eigenvalue weighted by atomic mass is 32.2. The number of fused-ring (bicyclic) bond motifs is 1. The zero-order valence-corrected chi connectivity index (χ0v) is 21.4. The summed E-state index contributed by atoms with van der Waals surface area (Å²) in [5.41, 5.74) is 4.35. The van der Waals surface area contributed by atoms with E-state index in [2.05, 4.69) is 0 Å². The molecule has 0 saturated carbocycles. The van der Waals surface area contributed by atoms with Gasteiger partial charge in [0.15, 0.2) is 5.16 Å². The van der Waals surface area contributed by atoms with Gasteiger partial charge in [0.25, 0.3) is 5.56 Å². The Balaban J connectivity index is 1.47. The van der Waals surface area contributed by atoms with Gasteiger partial charge in [0.1, 0.15) is 0 Å². The third-order valence-electron chi connectivity index (χ3n) is 6.21. The lowest BCUT2D eigenvalue weighted by Gasteiger charge is -2.23. The largest absolute Gasteiger partial charge is 0.333 e. The van der Waals surface area contributed by atoms with Crippen LogP contribution in [0.5, 0.6) is 0 Å². The van der Waals surface area contributed by atoms with Crippen molar-refractivity contribution in [3.05, 3.63) is 136 Å². The highest BCUT2D eigenvalue weighted by molar-refractivity contribution is 7.99. The second kappa shape index (κ2) is 11.3. The van der Waals surface area contributed by atoms with Crippen molar-refractivity contribution in [1.29, 1.82) is 0 Å². The van der Waals surface area contributed by atoms with E-state index in [1.807, 2.05) is 115 Å². The Bertz CT molecular complexity index is 1540. The minimum absolute atomic E-state index is 0.0172. The molecule has 5 aromatic rings. The van der Waals surface area contributed by atoms with Gasteiger partial charge in [0.2, 0.25) is 5.91 Å². The molecule has 0 atom stereocenters. The molecular formula is C31H27N3O2S. The lowest BCUT2D eigenvalue weighted by molar-refractivity contribution is -0.129. The van der Waals surface area contributed by atoms with Gasteiger partial charge in [0, 0.05) is 13.1 Å². The van der Waals surface area contributed by atoms with Crippen molar-refractivity contribution >= 4 is 28.6 Å². The lowest BCUT2D eigenvalue weighted by atomic mass is 10.1. The number of nitrogens with zero attached hydrogens (tertiary/aromatic N) is 3. The van der Waals surface area contributed by atoms with E-state index >= 15 is 0 Å². The predicted octanol–water partition coefficient (Wildman–Crippen LogP) is 6.02. The number of hydrogen-bond donors (Lipinski definition) is 0. The molecule has 0 bridgehead atoms. The third kappa shape index (κ3) is 5.65. The topological polar surface area (TPSA) is 55.2 Å². The maximum absolute atomic E-state index is 13.6. The van der Waals surface area contributed by atoms with Crippen molar-refractivity contribution in [2.75, 3.05) is 5.75 Å². The number of benzene rings is 4. The van der Waals surface area contributed by atoms with Gasteiger partial charge >= 0.3 is 0 Å². The van der Waals surface area contributed by atoms with Gasteiger partial charge in [-0.1, -0.05) is 103 Å². The summed E-state index contributed by atoms with van der Waals surface area (Å²) in [6, 6.07) is 35.0. The average Bonchev–Trinajstić information content (AvgIpc) is 2.93. The van der Waals surface area contributed by atoms with Crippen LogP contribution >= 0.6 is 11.8 Å². The van der Waals surface area contributed by atoms with Crippen LogP contribution in [0.25, 0.3) is 16.6 Å². The SMILES string of the molecule is Cc1ccccc1-n1c(SCC(=O)N(Cc2ccccc2)Cc2ccccc2)nc2ccccc2c1=O. The molecule has 0 unspecified atom stereocenters. The highest BCUT2D eigenvalue weighted by Gasteiger charge is 2.19. The molecule has 0 fully saturated rings. The summed E-state index contributed by atoms with van der Waals surface area (Å²) < 4.78 is 1.63. The van der Waals surface area contributed by atoms with Gasteiger partial charge in [-0.2, -0.15) is 0 Å². The first-order valence-corrected chi connectivity index (χ1v) is 13.1. The summed E-state index contributed by atoms with van der Waals surface area (Å²) in [7, 11) is 0. The molecule has 5 rings (SSSR count). The molecule has 0 spiro atoms. The molecule has 0 radical (unpaired) electrons. The molecule has 1 aromatic heterocycles. The molecule has 5 nitrogen and oxygen atoms in total. The van der Waals surface area contributed by atoms with E-state index < -0.39 is 0 Å². The molecule has 4 aromatic carbocycles. The molecule has 0 aliphatic heterocycles. The molecule has 1 heterocycles. The molecule has 0 aliphatic carbocycles. The van der Waals surface area contributed by atoms with E-state index in [4.69, 9.17) is 4.98 Å². The number of amides is 1. The number of para-hydroxylation sites is 2. The monoisotopic (exact) mass is 505 g/mol. The second-order valence-electron chi connectivity index (χ2n) is 8.85. The number of thioether (sulfide) groups is 1. The van der Waals surface area contributed by atoms with Crippen molar-refractivity contribution < 1.29 is 4.79 Å².